The molecule has 2 aromatic carbocycles. The number of nitrogens with zero attached hydrogens (tertiary/aromatic N) is 1. The summed E-state index contributed by atoms with van der Waals surface area (Å²) in [6.45, 7) is 5.63. The molecule has 9 heteroatoms. The van der Waals surface area contributed by atoms with Crippen molar-refractivity contribution >= 4 is 23.3 Å². The Balaban J connectivity index is 1.77. The number of hydrogen-bond donors (Lipinski definition) is 1. The van der Waals surface area contributed by atoms with Gasteiger partial charge < -0.3 is 19.5 Å². The zero-order valence-electron chi connectivity index (χ0n) is 16.2. The summed E-state index contributed by atoms with van der Waals surface area (Å²) in [7, 11) is 0. The highest BCUT2D eigenvalue weighted by molar-refractivity contribution is 5.99. The van der Waals surface area contributed by atoms with E-state index in [4.69, 9.17) is 14.2 Å². The van der Waals surface area contributed by atoms with Crippen molar-refractivity contribution in [2.45, 2.75) is 26.9 Å². The van der Waals surface area contributed by atoms with Gasteiger partial charge in [-0.15, -0.1) is 0 Å². The summed E-state index contributed by atoms with van der Waals surface area (Å²) < 4.78 is 15.9. The Kier molecular flexibility index (Phi) is 5.67. The van der Waals surface area contributed by atoms with Crippen LogP contribution in [0.1, 0.15) is 28.4 Å². The molecule has 9 nitrogen and oxygen atoms in total. The minimum absolute atomic E-state index is 0.181. The first-order chi connectivity index (χ1) is 13.8. The first-order valence-corrected chi connectivity index (χ1v) is 8.93. The molecule has 0 saturated carbocycles. The van der Waals surface area contributed by atoms with Crippen LogP contribution >= 0.6 is 0 Å². The van der Waals surface area contributed by atoms with E-state index in [1.54, 1.807) is 6.07 Å². The van der Waals surface area contributed by atoms with Crippen LogP contribution in [0.5, 0.6) is 11.5 Å². The molecule has 1 aliphatic rings. The van der Waals surface area contributed by atoms with Crippen molar-refractivity contribution in [3.63, 3.8) is 0 Å². The number of anilines is 1. The lowest BCUT2D eigenvalue weighted by atomic mass is 10.1. The molecule has 0 spiro atoms. The van der Waals surface area contributed by atoms with Gasteiger partial charge in [0.2, 0.25) is 0 Å². The quantitative estimate of drug-likeness (QED) is 0.465. The van der Waals surface area contributed by atoms with Crippen LogP contribution in [-0.4, -0.2) is 36.1 Å². The molecular formula is C20H20N2O7. The second-order valence-corrected chi connectivity index (χ2v) is 6.63. The van der Waals surface area contributed by atoms with Crippen molar-refractivity contribution in [3.05, 3.63) is 57.1 Å². The Hall–Kier alpha value is -3.62. The van der Waals surface area contributed by atoms with Crippen molar-refractivity contribution in [1.29, 1.82) is 0 Å². The van der Waals surface area contributed by atoms with E-state index in [1.165, 1.54) is 13.0 Å². The van der Waals surface area contributed by atoms with Gasteiger partial charge in [-0.25, -0.2) is 4.79 Å². The Morgan fingerprint density at radius 1 is 1.14 bits per heavy atom. The smallest absolute Gasteiger partial charge is 0.346 e. The second-order valence-electron chi connectivity index (χ2n) is 6.63. The Labute approximate surface area is 166 Å². The number of hydrogen-bond acceptors (Lipinski definition) is 7. The van der Waals surface area contributed by atoms with Crippen LogP contribution in [0.2, 0.25) is 0 Å². The van der Waals surface area contributed by atoms with Crippen molar-refractivity contribution in [3.8, 4) is 11.5 Å². The monoisotopic (exact) mass is 400 g/mol. The molecule has 1 heterocycles. The molecule has 0 aliphatic carbocycles. The molecule has 0 unspecified atom stereocenters. The van der Waals surface area contributed by atoms with Gasteiger partial charge in [0, 0.05) is 11.8 Å². The fourth-order valence-electron chi connectivity index (χ4n) is 2.78. The summed E-state index contributed by atoms with van der Waals surface area (Å²) in [6, 6.07) is 7.89. The van der Waals surface area contributed by atoms with Crippen LogP contribution in [0.4, 0.5) is 11.4 Å². The summed E-state index contributed by atoms with van der Waals surface area (Å²) >= 11 is 0. The largest absolute Gasteiger partial charge is 0.486 e. The van der Waals surface area contributed by atoms with E-state index < -0.39 is 28.6 Å². The number of benzene rings is 2. The zero-order chi connectivity index (χ0) is 21.1. The summed E-state index contributed by atoms with van der Waals surface area (Å²) in [5.41, 5.74) is 1.61. The molecule has 0 saturated heterocycles. The van der Waals surface area contributed by atoms with Crippen LogP contribution in [0.3, 0.4) is 0 Å². The van der Waals surface area contributed by atoms with Gasteiger partial charge in [0.15, 0.2) is 17.6 Å². The zero-order valence-corrected chi connectivity index (χ0v) is 16.2. The Morgan fingerprint density at radius 3 is 2.45 bits per heavy atom. The maximum absolute atomic E-state index is 12.5. The van der Waals surface area contributed by atoms with Gasteiger partial charge in [0.25, 0.3) is 11.6 Å². The van der Waals surface area contributed by atoms with Crippen molar-refractivity contribution in [2.24, 2.45) is 0 Å². The maximum atomic E-state index is 12.5. The Bertz CT molecular complexity index is 987. The topological polar surface area (TPSA) is 117 Å². The normalized spacial score (nSPS) is 13.3. The van der Waals surface area contributed by atoms with Gasteiger partial charge in [0.1, 0.15) is 18.8 Å². The summed E-state index contributed by atoms with van der Waals surface area (Å²) in [5, 5.41) is 14.1. The number of amides is 1. The van der Waals surface area contributed by atoms with E-state index in [0.717, 1.165) is 17.2 Å². The van der Waals surface area contributed by atoms with Gasteiger partial charge in [-0.2, -0.15) is 0 Å². The molecule has 3 rings (SSSR count). The number of aryl methyl sites for hydroxylation is 2. The van der Waals surface area contributed by atoms with E-state index in [-0.39, 0.29) is 30.3 Å². The SMILES string of the molecule is Cc1ccc(C)c(NC(=O)[C@H](C)OC(=O)c2cc3c(cc2[N+](=O)[O-])OCCO3)c1. The number of nitro benzene ring substituents is 1. The molecule has 1 amide bonds. The third kappa shape index (κ3) is 4.45. The maximum Gasteiger partial charge on any atom is 0.346 e. The van der Waals surface area contributed by atoms with Crippen molar-refractivity contribution < 1.29 is 28.7 Å². The molecule has 0 bridgehead atoms. The van der Waals surface area contributed by atoms with E-state index in [2.05, 4.69) is 5.32 Å². The standard InChI is InChI=1S/C20H20N2O7/c1-11-4-5-12(2)15(8-11)21-19(23)13(3)29-20(24)14-9-17-18(28-7-6-27-17)10-16(14)22(25)26/h4-5,8-10,13H,6-7H2,1-3H3,(H,21,23)/t13-/m0/s1. The number of carbonyl (C=O) groups excluding carboxylic acids is 2. The highest BCUT2D eigenvalue weighted by Crippen LogP contribution is 2.37. The summed E-state index contributed by atoms with van der Waals surface area (Å²) in [4.78, 5) is 35.6. The van der Waals surface area contributed by atoms with E-state index >= 15 is 0 Å². The third-order valence-electron chi connectivity index (χ3n) is 4.38. The number of ether oxygens (including phenoxy) is 3. The average Bonchev–Trinajstić information content (AvgIpc) is 2.69. The first-order valence-electron chi connectivity index (χ1n) is 8.93. The molecular weight excluding hydrogens is 380 g/mol. The molecule has 29 heavy (non-hydrogen) atoms. The molecule has 152 valence electrons. The summed E-state index contributed by atoms with van der Waals surface area (Å²) in [5.74, 6) is -1.16. The lowest BCUT2D eigenvalue weighted by Gasteiger charge is -2.19. The fourth-order valence-corrected chi connectivity index (χ4v) is 2.78. The van der Waals surface area contributed by atoms with Gasteiger partial charge >= 0.3 is 5.97 Å². The predicted octanol–water partition coefficient (Wildman–Crippen LogP) is 3.17. The molecule has 1 aliphatic heterocycles. The third-order valence-corrected chi connectivity index (χ3v) is 4.38. The second kappa shape index (κ2) is 8.17. The highest BCUT2D eigenvalue weighted by atomic mass is 16.6. The van der Waals surface area contributed by atoms with Crippen molar-refractivity contribution in [1.82, 2.24) is 0 Å². The fraction of sp³-hybridized carbons (Fsp3) is 0.300. The highest BCUT2D eigenvalue weighted by Gasteiger charge is 2.29. The lowest BCUT2D eigenvalue weighted by molar-refractivity contribution is -0.385. The van der Waals surface area contributed by atoms with Gasteiger partial charge in [-0.1, -0.05) is 12.1 Å². The van der Waals surface area contributed by atoms with Gasteiger partial charge in [-0.3, -0.25) is 14.9 Å². The van der Waals surface area contributed by atoms with Crippen LogP contribution in [0.15, 0.2) is 30.3 Å². The van der Waals surface area contributed by atoms with Crippen LogP contribution < -0.4 is 14.8 Å². The van der Waals surface area contributed by atoms with Crippen LogP contribution in [0, 0.1) is 24.0 Å². The minimum Gasteiger partial charge on any atom is -0.486 e. The number of rotatable bonds is 5. The van der Waals surface area contributed by atoms with Crippen LogP contribution in [-0.2, 0) is 9.53 Å². The number of nitro groups is 1. The van der Waals surface area contributed by atoms with E-state index in [0.29, 0.717) is 5.69 Å². The number of fused-ring (bicyclic) bond motifs is 1. The van der Waals surface area contributed by atoms with Gasteiger partial charge in [-0.05, 0) is 38.0 Å². The summed E-state index contributed by atoms with van der Waals surface area (Å²) in [6.07, 6.45) is -1.17. The first kappa shape index (κ1) is 20.1. The number of nitrogens with one attached hydrogen (secondary N) is 1. The average molecular weight is 400 g/mol. The van der Waals surface area contributed by atoms with Gasteiger partial charge in [0.05, 0.1) is 11.0 Å². The molecule has 0 radical (unpaired) electrons. The molecule has 0 aromatic heterocycles. The lowest BCUT2D eigenvalue weighted by Crippen LogP contribution is -2.30. The molecule has 1 atom stereocenters. The Morgan fingerprint density at radius 2 is 1.79 bits per heavy atom. The van der Waals surface area contributed by atoms with Crippen molar-refractivity contribution in [2.75, 3.05) is 18.5 Å². The molecule has 0 fully saturated rings. The molecule has 1 N–H and O–H groups in total. The number of carbonyl (C=O) groups is 2. The minimum atomic E-state index is -1.17. The molecule has 2 aromatic rings. The number of esters is 1. The van der Waals surface area contributed by atoms with E-state index in [9.17, 15) is 19.7 Å². The van der Waals surface area contributed by atoms with E-state index in [1.807, 2.05) is 26.0 Å². The van der Waals surface area contributed by atoms with Crippen LogP contribution in [0.25, 0.3) is 0 Å². The predicted molar refractivity (Wildman–Crippen MR) is 104 cm³/mol.